The third kappa shape index (κ3) is 2.63. The highest BCUT2D eigenvalue weighted by Gasteiger charge is 2.51. The molecule has 2 aromatic rings. The van der Waals surface area contributed by atoms with Gasteiger partial charge in [-0.15, -0.1) is 11.3 Å². The standard InChI is InChI=1S/C17H16O3S/c1-20-15(18)11-13-7-8-14(21-13)16(19)17(9-10-17)12-5-3-2-4-6-12/h2-8H,9-11H2,1H3. The Kier molecular flexibility index (Phi) is 3.64. The van der Waals surface area contributed by atoms with Gasteiger partial charge in [0.25, 0.3) is 0 Å². The zero-order chi connectivity index (χ0) is 14.9. The first-order chi connectivity index (χ1) is 10.2. The van der Waals surface area contributed by atoms with E-state index in [1.54, 1.807) is 0 Å². The number of Topliss-reactive ketones (excluding diaryl/α,β-unsaturated/α-hetero) is 1. The third-order valence-electron chi connectivity index (χ3n) is 3.94. The molecular formula is C17H16O3S. The van der Waals surface area contributed by atoms with Gasteiger partial charge in [-0.25, -0.2) is 0 Å². The minimum absolute atomic E-state index is 0.176. The molecule has 3 rings (SSSR count). The van der Waals surface area contributed by atoms with Gasteiger partial charge in [0.1, 0.15) is 0 Å². The summed E-state index contributed by atoms with van der Waals surface area (Å²) in [6.45, 7) is 0. The third-order valence-corrected chi connectivity index (χ3v) is 5.03. The largest absolute Gasteiger partial charge is 0.469 e. The van der Waals surface area contributed by atoms with Gasteiger partial charge >= 0.3 is 5.97 Å². The average Bonchev–Trinajstić information content (AvgIpc) is 3.21. The molecule has 108 valence electrons. The Morgan fingerprint density at radius 2 is 1.86 bits per heavy atom. The Balaban J connectivity index is 1.82. The number of hydrogen-bond donors (Lipinski definition) is 0. The fourth-order valence-corrected chi connectivity index (χ4v) is 3.61. The summed E-state index contributed by atoms with van der Waals surface area (Å²) >= 11 is 1.40. The number of thiophene rings is 1. The highest BCUT2D eigenvalue weighted by atomic mass is 32.1. The molecule has 1 aliphatic rings. The molecule has 4 heteroatoms. The van der Waals surface area contributed by atoms with Crippen molar-refractivity contribution in [3.05, 3.63) is 57.8 Å². The minimum Gasteiger partial charge on any atom is -0.469 e. The first kappa shape index (κ1) is 14.0. The lowest BCUT2D eigenvalue weighted by Gasteiger charge is -2.13. The van der Waals surface area contributed by atoms with Crippen LogP contribution < -0.4 is 0 Å². The molecule has 0 atom stereocenters. The predicted molar refractivity (Wildman–Crippen MR) is 81.7 cm³/mol. The Morgan fingerprint density at radius 1 is 1.14 bits per heavy atom. The van der Waals surface area contributed by atoms with E-state index in [0.717, 1.165) is 28.2 Å². The van der Waals surface area contributed by atoms with Gasteiger partial charge in [0, 0.05) is 4.88 Å². The maximum Gasteiger partial charge on any atom is 0.310 e. The van der Waals surface area contributed by atoms with E-state index in [4.69, 9.17) is 0 Å². The summed E-state index contributed by atoms with van der Waals surface area (Å²) in [5.41, 5.74) is 0.757. The van der Waals surface area contributed by atoms with Crippen LogP contribution in [0.25, 0.3) is 0 Å². The summed E-state index contributed by atoms with van der Waals surface area (Å²) in [7, 11) is 1.37. The van der Waals surface area contributed by atoms with E-state index in [2.05, 4.69) is 4.74 Å². The van der Waals surface area contributed by atoms with E-state index < -0.39 is 0 Å². The van der Waals surface area contributed by atoms with Crippen LogP contribution in [0.5, 0.6) is 0 Å². The maximum absolute atomic E-state index is 12.8. The van der Waals surface area contributed by atoms with Crippen molar-refractivity contribution in [2.75, 3.05) is 7.11 Å². The molecule has 1 aromatic carbocycles. The zero-order valence-corrected chi connectivity index (χ0v) is 12.6. The van der Waals surface area contributed by atoms with Gasteiger partial charge in [-0.1, -0.05) is 30.3 Å². The lowest BCUT2D eigenvalue weighted by Crippen LogP contribution is -2.19. The normalized spacial score (nSPS) is 15.5. The number of carbonyl (C=O) groups excluding carboxylic acids is 2. The van der Waals surface area contributed by atoms with Crippen molar-refractivity contribution in [1.82, 2.24) is 0 Å². The van der Waals surface area contributed by atoms with Crippen LogP contribution in [0, 0.1) is 0 Å². The fraction of sp³-hybridized carbons (Fsp3) is 0.294. The molecule has 3 nitrogen and oxygen atoms in total. The highest BCUT2D eigenvalue weighted by molar-refractivity contribution is 7.14. The topological polar surface area (TPSA) is 43.4 Å². The molecule has 1 aliphatic carbocycles. The lowest BCUT2D eigenvalue weighted by molar-refractivity contribution is -0.139. The van der Waals surface area contributed by atoms with E-state index in [1.807, 2.05) is 42.5 Å². The molecule has 0 aliphatic heterocycles. The van der Waals surface area contributed by atoms with E-state index in [-0.39, 0.29) is 23.6 Å². The van der Waals surface area contributed by atoms with Crippen LogP contribution in [0.15, 0.2) is 42.5 Å². The Morgan fingerprint density at radius 3 is 2.48 bits per heavy atom. The van der Waals surface area contributed by atoms with Gasteiger partial charge in [0.05, 0.1) is 23.8 Å². The quantitative estimate of drug-likeness (QED) is 0.628. The van der Waals surface area contributed by atoms with Crippen LogP contribution in [0.3, 0.4) is 0 Å². The van der Waals surface area contributed by atoms with Gasteiger partial charge in [0.2, 0.25) is 0 Å². The van der Waals surface area contributed by atoms with Crippen molar-refractivity contribution in [1.29, 1.82) is 0 Å². The summed E-state index contributed by atoms with van der Waals surface area (Å²) in [5, 5.41) is 0. The zero-order valence-electron chi connectivity index (χ0n) is 11.8. The van der Waals surface area contributed by atoms with Crippen LogP contribution in [-0.4, -0.2) is 18.9 Å². The average molecular weight is 300 g/mol. The molecule has 1 fully saturated rings. The number of ether oxygens (including phenoxy) is 1. The molecule has 0 unspecified atom stereocenters. The lowest BCUT2D eigenvalue weighted by atomic mass is 9.90. The number of esters is 1. The summed E-state index contributed by atoms with van der Waals surface area (Å²) in [6, 6.07) is 13.6. The molecular weight excluding hydrogens is 284 g/mol. The first-order valence-electron chi connectivity index (χ1n) is 6.91. The van der Waals surface area contributed by atoms with Gasteiger partial charge in [-0.05, 0) is 30.5 Å². The smallest absolute Gasteiger partial charge is 0.310 e. The molecule has 0 amide bonds. The molecule has 0 saturated heterocycles. The van der Waals surface area contributed by atoms with Crippen molar-refractivity contribution in [3.8, 4) is 0 Å². The first-order valence-corrected chi connectivity index (χ1v) is 7.73. The van der Waals surface area contributed by atoms with E-state index in [0.29, 0.717) is 0 Å². The number of ketones is 1. The van der Waals surface area contributed by atoms with Gasteiger partial charge in [-0.3, -0.25) is 9.59 Å². The number of rotatable bonds is 5. The summed E-state index contributed by atoms with van der Waals surface area (Å²) < 4.78 is 4.66. The minimum atomic E-state index is -0.339. The number of benzene rings is 1. The van der Waals surface area contributed by atoms with Gasteiger partial charge < -0.3 is 4.74 Å². The van der Waals surface area contributed by atoms with Crippen LogP contribution in [0.4, 0.5) is 0 Å². The van der Waals surface area contributed by atoms with Gasteiger partial charge in [0.15, 0.2) is 5.78 Å². The maximum atomic E-state index is 12.8. The van der Waals surface area contributed by atoms with Crippen LogP contribution in [0.2, 0.25) is 0 Å². The summed E-state index contributed by atoms with van der Waals surface area (Å²) in [6.07, 6.45) is 2.03. The molecule has 1 saturated carbocycles. The van der Waals surface area contributed by atoms with E-state index in [9.17, 15) is 9.59 Å². The van der Waals surface area contributed by atoms with Crippen molar-refractivity contribution >= 4 is 23.1 Å². The molecule has 0 bridgehead atoms. The number of hydrogen-bond acceptors (Lipinski definition) is 4. The second-order valence-electron chi connectivity index (χ2n) is 5.30. The number of methoxy groups -OCH3 is 1. The van der Waals surface area contributed by atoms with Crippen molar-refractivity contribution in [2.24, 2.45) is 0 Å². The molecule has 1 heterocycles. The Labute approximate surface area is 127 Å². The van der Waals surface area contributed by atoms with E-state index >= 15 is 0 Å². The predicted octanol–water partition coefficient (Wildman–Crippen LogP) is 3.38. The SMILES string of the molecule is COC(=O)Cc1ccc(C(=O)C2(c3ccccc3)CC2)s1. The van der Waals surface area contributed by atoms with Crippen molar-refractivity contribution in [2.45, 2.75) is 24.7 Å². The van der Waals surface area contributed by atoms with Crippen LogP contribution >= 0.6 is 11.3 Å². The highest BCUT2D eigenvalue weighted by Crippen LogP contribution is 2.51. The Bertz CT molecular complexity index is 668. The molecule has 21 heavy (non-hydrogen) atoms. The molecule has 0 N–H and O–H groups in total. The van der Waals surface area contributed by atoms with Crippen LogP contribution in [-0.2, 0) is 21.4 Å². The fourth-order valence-electron chi connectivity index (χ4n) is 2.57. The second kappa shape index (κ2) is 5.45. The molecule has 0 spiro atoms. The number of carbonyl (C=O) groups is 2. The summed E-state index contributed by atoms with van der Waals surface area (Å²) in [4.78, 5) is 25.7. The summed E-state index contributed by atoms with van der Waals surface area (Å²) in [5.74, 6) is -0.102. The monoisotopic (exact) mass is 300 g/mol. The van der Waals surface area contributed by atoms with Gasteiger partial charge in [-0.2, -0.15) is 0 Å². The Hall–Kier alpha value is -1.94. The molecule has 0 radical (unpaired) electrons. The molecule has 1 aromatic heterocycles. The second-order valence-corrected chi connectivity index (χ2v) is 6.46. The van der Waals surface area contributed by atoms with Crippen molar-refractivity contribution < 1.29 is 14.3 Å². The van der Waals surface area contributed by atoms with Crippen molar-refractivity contribution in [3.63, 3.8) is 0 Å². The van der Waals surface area contributed by atoms with E-state index in [1.165, 1.54) is 18.4 Å². The van der Waals surface area contributed by atoms with Crippen LogP contribution in [0.1, 0.15) is 33.0 Å².